The van der Waals surface area contributed by atoms with Crippen molar-refractivity contribution in [1.29, 1.82) is 0 Å². The number of ether oxygens (including phenoxy) is 1. The van der Waals surface area contributed by atoms with Crippen LogP contribution in [0.3, 0.4) is 0 Å². The fraction of sp³-hybridized carbons (Fsp3) is 0.323. The molecule has 0 aliphatic heterocycles. The first kappa shape index (κ1) is 25.5. The molecule has 3 aromatic carbocycles. The predicted octanol–water partition coefficient (Wildman–Crippen LogP) is 5.34. The number of carboxylic acid groups (broad SMARTS) is 1. The van der Waals surface area contributed by atoms with Crippen LogP contribution in [0.1, 0.15) is 54.7 Å². The molecule has 0 saturated heterocycles. The number of carbonyl (C=O) groups is 3. The summed E-state index contributed by atoms with van der Waals surface area (Å²) in [6.07, 6.45) is 1.80. The molecule has 7 nitrogen and oxygen atoms in total. The van der Waals surface area contributed by atoms with Crippen molar-refractivity contribution in [3.8, 4) is 11.1 Å². The number of alkyl carbamates (subject to hydrolysis) is 1. The maximum Gasteiger partial charge on any atom is 0.408 e. The number of nitrogens with zero attached hydrogens (tertiary/aromatic N) is 1. The van der Waals surface area contributed by atoms with Crippen LogP contribution in [0.15, 0.2) is 78.9 Å². The molecule has 0 bridgehead atoms. The Morgan fingerprint density at radius 3 is 2.05 bits per heavy atom. The number of nitrogens with one attached hydrogen (secondary N) is 1. The normalized spacial score (nSPS) is 15.4. The van der Waals surface area contributed by atoms with Crippen molar-refractivity contribution in [2.45, 2.75) is 50.1 Å². The highest BCUT2D eigenvalue weighted by Crippen LogP contribution is 2.44. The number of hydrogen-bond acceptors (Lipinski definition) is 4. The van der Waals surface area contributed by atoms with E-state index in [0.717, 1.165) is 40.7 Å². The Bertz CT molecular complexity index is 1270. The Kier molecular flexibility index (Phi) is 7.45. The van der Waals surface area contributed by atoms with E-state index in [2.05, 4.69) is 29.6 Å². The van der Waals surface area contributed by atoms with Crippen molar-refractivity contribution in [2.75, 3.05) is 13.2 Å². The summed E-state index contributed by atoms with van der Waals surface area (Å²) in [5, 5.41) is 12.2. The van der Waals surface area contributed by atoms with Crippen molar-refractivity contribution in [3.05, 3.63) is 95.6 Å². The summed E-state index contributed by atoms with van der Waals surface area (Å²) in [7, 11) is 0. The van der Waals surface area contributed by atoms with Gasteiger partial charge in [-0.05, 0) is 40.7 Å². The monoisotopic (exact) mass is 512 g/mol. The lowest BCUT2D eigenvalue weighted by Gasteiger charge is -2.35. The average Bonchev–Trinajstić information content (AvgIpc) is 3.53. The van der Waals surface area contributed by atoms with Crippen LogP contribution >= 0.6 is 0 Å². The molecule has 2 aliphatic carbocycles. The SMILES string of the molecule is O=C(O)CCN(Cc1ccccc1)C(=O)C1(NC(=O)OCC2c3ccccc3-c3ccccc32)CCCC1. The predicted molar refractivity (Wildman–Crippen MR) is 144 cm³/mol. The third-order valence-corrected chi connectivity index (χ3v) is 7.65. The van der Waals surface area contributed by atoms with Crippen LogP contribution < -0.4 is 5.32 Å². The number of benzene rings is 3. The first-order chi connectivity index (χ1) is 18.5. The van der Waals surface area contributed by atoms with Crippen LogP contribution in [0.25, 0.3) is 11.1 Å². The summed E-state index contributed by atoms with van der Waals surface area (Å²) in [6, 6.07) is 25.7. The zero-order valence-electron chi connectivity index (χ0n) is 21.3. The van der Waals surface area contributed by atoms with Gasteiger partial charge in [-0.25, -0.2) is 4.79 Å². The van der Waals surface area contributed by atoms with E-state index in [-0.39, 0.29) is 37.9 Å². The average molecular weight is 513 g/mol. The van der Waals surface area contributed by atoms with Gasteiger partial charge in [0.25, 0.3) is 0 Å². The minimum absolute atomic E-state index is 0.0666. The van der Waals surface area contributed by atoms with E-state index in [1.54, 1.807) is 4.90 Å². The second-order valence-corrected chi connectivity index (χ2v) is 10.1. The third kappa shape index (κ3) is 5.28. The van der Waals surface area contributed by atoms with Crippen molar-refractivity contribution in [2.24, 2.45) is 0 Å². The van der Waals surface area contributed by atoms with Crippen molar-refractivity contribution >= 4 is 18.0 Å². The molecule has 38 heavy (non-hydrogen) atoms. The molecule has 1 saturated carbocycles. The maximum atomic E-state index is 13.9. The molecule has 2 aliphatic rings. The van der Waals surface area contributed by atoms with Gasteiger partial charge in [0.1, 0.15) is 12.1 Å². The quantitative estimate of drug-likeness (QED) is 0.403. The van der Waals surface area contributed by atoms with Gasteiger partial charge in [0, 0.05) is 19.0 Å². The van der Waals surface area contributed by atoms with Gasteiger partial charge in [-0.2, -0.15) is 0 Å². The van der Waals surface area contributed by atoms with E-state index in [4.69, 9.17) is 4.74 Å². The van der Waals surface area contributed by atoms with Gasteiger partial charge in [0.05, 0.1) is 6.42 Å². The molecule has 5 rings (SSSR count). The molecule has 7 heteroatoms. The standard InChI is InChI=1S/C31H32N2O5/c34-28(35)16-19-33(20-22-10-2-1-3-11-22)29(36)31(17-8-9-18-31)32-30(37)38-21-27-25-14-6-4-12-23(25)24-13-5-7-15-26(24)27/h1-7,10-15,27H,8-9,16-21H2,(H,32,37)(H,34,35). The zero-order valence-corrected chi connectivity index (χ0v) is 21.3. The highest BCUT2D eigenvalue weighted by molar-refractivity contribution is 5.90. The van der Waals surface area contributed by atoms with Crippen molar-refractivity contribution < 1.29 is 24.2 Å². The Labute approximate surface area is 222 Å². The Hall–Kier alpha value is -4.13. The molecule has 0 unspecified atom stereocenters. The number of carboxylic acids is 1. The molecule has 1 fully saturated rings. The molecule has 0 heterocycles. The van der Waals surface area contributed by atoms with Gasteiger partial charge in [-0.1, -0.05) is 91.7 Å². The van der Waals surface area contributed by atoms with Crippen LogP contribution in [-0.2, 0) is 20.9 Å². The van der Waals surface area contributed by atoms with E-state index in [1.165, 1.54) is 0 Å². The largest absolute Gasteiger partial charge is 0.481 e. The van der Waals surface area contributed by atoms with Crippen LogP contribution in [0, 0.1) is 0 Å². The molecule has 0 atom stereocenters. The lowest BCUT2D eigenvalue weighted by atomic mass is 9.95. The molecule has 2 N–H and O–H groups in total. The first-order valence-electron chi connectivity index (χ1n) is 13.2. The zero-order chi connectivity index (χ0) is 26.5. The lowest BCUT2D eigenvalue weighted by Crippen LogP contribution is -2.58. The number of fused-ring (bicyclic) bond motifs is 3. The topological polar surface area (TPSA) is 95.9 Å². The molecule has 3 aromatic rings. The van der Waals surface area contributed by atoms with Gasteiger partial charge in [0.2, 0.25) is 5.91 Å². The van der Waals surface area contributed by atoms with E-state index in [1.807, 2.05) is 54.6 Å². The second-order valence-electron chi connectivity index (χ2n) is 10.1. The summed E-state index contributed by atoms with van der Waals surface area (Å²) in [6.45, 7) is 0.509. The fourth-order valence-electron chi connectivity index (χ4n) is 5.79. The summed E-state index contributed by atoms with van der Waals surface area (Å²) in [5.74, 6) is -1.30. The van der Waals surface area contributed by atoms with Gasteiger partial charge in [-0.15, -0.1) is 0 Å². The number of aliphatic carboxylic acids is 1. The summed E-state index contributed by atoms with van der Waals surface area (Å²) in [4.78, 5) is 39.9. The first-order valence-corrected chi connectivity index (χ1v) is 13.2. The molecular weight excluding hydrogens is 480 g/mol. The van der Waals surface area contributed by atoms with Gasteiger partial charge >= 0.3 is 12.1 Å². The second kappa shape index (κ2) is 11.1. The van der Waals surface area contributed by atoms with E-state index in [9.17, 15) is 19.5 Å². The number of rotatable bonds is 9. The molecule has 2 amide bonds. The van der Waals surface area contributed by atoms with Crippen LogP contribution in [0.2, 0.25) is 0 Å². The summed E-state index contributed by atoms with van der Waals surface area (Å²) in [5.41, 5.74) is 4.34. The van der Waals surface area contributed by atoms with Crippen molar-refractivity contribution in [1.82, 2.24) is 10.2 Å². The third-order valence-electron chi connectivity index (χ3n) is 7.65. The number of amides is 2. The fourth-order valence-corrected chi connectivity index (χ4v) is 5.79. The van der Waals surface area contributed by atoms with Gasteiger partial charge in [-0.3, -0.25) is 9.59 Å². The molecule has 0 radical (unpaired) electrons. The maximum absolute atomic E-state index is 13.9. The van der Waals surface area contributed by atoms with E-state index < -0.39 is 17.6 Å². The smallest absolute Gasteiger partial charge is 0.408 e. The minimum atomic E-state index is -1.10. The highest BCUT2D eigenvalue weighted by atomic mass is 16.5. The number of hydrogen-bond donors (Lipinski definition) is 2. The highest BCUT2D eigenvalue weighted by Gasteiger charge is 2.45. The molecular formula is C31H32N2O5. The van der Waals surface area contributed by atoms with Gasteiger partial charge in [0.15, 0.2) is 0 Å². The molecule has 0 aromatic heterocycles. The molecule has 0 spiro atoms. The Balaban J connectivity index is 1.30. The van der Waals surface area contributed by atoms with E-state index in [0.29, 0.717) is 12.8 Å². The lowest BCUT2D eigenvalue weighted by molar-refractivity contribution is -0.141. The van der Waals surface area contributed by atoms with Crippen LogP contribution in [0.4, 0.5) is 4.79 Å². The minimum Gasteiger partial charge on any atom is -0.481 e. The van der Waals surface area contributed by atoms with Crippen molar-refractivity contribution in [3.63, 3.8) is 0 Å². The Morgan fingerprint density at radius 1 is 0.868 bits per heavy atom. The van der Waals surface area contributed by atoms with Crippen LogP contribution in [0.5, 0.6) is 0 Å². The number of carbonyl (C=O) groups excluding carboxylic acids is 2. The van der Waals surface area contributed by atoms with Gasteiger partial charge < -0.3 is 20.1 Å². The van der Waals surface area contributed by atoms with Crippen LogP contribution in [-0.4, -0.2) is 46.7 Å². The summed E-state index contributed by atoms with van der Waals surface area (Å²) < 4.78 is 5.76. The molecule has 196 valence electrons. The Morgan fingerprint density at radius 2 is 1.45 bits per heavy atom. The summed E-state index contributed by atoms with van der Waals surface area (Å²) >= 11 is 0. The van der Waals surface area contributed by atoms with E-state index >= 15 is 0 Å².